The molecule has 1 aliphatic rings. The second-order valence-electron chi connectivity index (χ2n) is 6.38. The summed E-state index contributed by atoms with van der Waals surface area (Å²) < 4.78 is 0. The standard InChI is InChI=1S/C16H24N2O/c1-11-5-6-13(14(9-11)17-4)15(19)18-12-7-8-16(2,3)10-12/h5-6,9,12,17H,7-8,10H2,1-4H3,(H,18,19). The highest BCUT2D eigenvalue weighted by molar-refractivity contribution is 5.99. The van der Waals surface area contributed by atoms with Crippen LogP contribution in [0, 0.1) is 12.3 Å². The molecule has 1 aromatic rings. The summed E-state index contributed by atoms with van der Waals surface area (Å²) >= 11 is 0. The van der Waals surface area contributed by atoms with Crippen molar-refractivity contribution in [3.05, 3.63) is 29.3 Å². The predicted molar refractivity (Wildman–Crippen MR) is 79.6 cm³/mol. The lowest BCUT2D eigenvalue weighted by Crippen LogP contribution is -2.33. The molecule has 2 rings (SSSR count). The van der Waals surface area contributed by atoms with E-state index in [2.05, 4.69) is 24.5 Å². The minimum atomic E-state index is 0.0343. The molecule has 1 fully saturated rings. The smallest absolute Gasteiger partial charge is 0.253 e. The molecular weight excluding hydrogens is 236 g/mol. The van der Waals surface area contributed by atoms with Gasteiger partial charge in [-0.2, -0.15) is 0 Å². The van der Waals surface area contributed by atoms with Gasteiger partial charge in [0.05, 0.1) is 5.56 Å². The van der Waals surface area contributed by atoms with Crippen molar-refractivity contribution in [1.29, 1.82) is 0 Å². The lowest BCUT2D eigenvalue weighted by Gasteiger charge is -2.18. The molecule has 3 heteroatoms. The Labute approximate surface area is 115 Å². The molecule has 1 amide bonds. The molecule has 104 valence electrons. The van der Waals surface area contributed by atoms with Crippen molar-refractivity contribution >= 4 is 11.6 Å². The second kappa shape index (κ2) is 5.24. The van der Waals surface area contributed by atoms with Crippen LogP contribution in [0.3, 0.4) is 0 Å². The van der Waals surface area contributed by atoms with Crippen LogP contribution in [0.2, 0.25) is 0 Å². The minimum Gasteiger partial charge on any atom is -0.387 e. The number of anilines is 1. The Morgan fingerprint density at radius 2 is 2.11 bits per heavy atom. The number of amides is 1. The molecule has 0 spiro atoms. The van der Waals surface area contributed by atoms with E-state index in [1.165, 1.54) is 6.42 Å². The molecule has 1 saturated carbocycles. The van der Waals surface area contributed by atoms with Gasteiger partial charge >= 0.3 is 0 Å². The third kappa shape index (κ3) is 3.28. The normalized spacial score (nSPS) is 21.2. The number of hydrogen-bond donors (Lipinski definition) is 2. The van der Waals surface area contributed by atoms with E-state index in [1.807, 2.05) is 32.2 Å². The summed E-state index contributed by atoms with van der Waals surface area (Å²) in [4.78, 5) is 12.4. The van der Waals surface area contributed by atoms with Crippen molar-refractivity contribution in [3.8, 4) is 0 Å². The van der Waals surface area contributed by atoms with Gasteiger partial charge in [0.15, 0.2) is 0 Å². The maximum absolute atomic E-state index is 12.4. The van der Waals surface area contributed by atoms with Gasteiger partial charge in [0.1, 0.15) is 0 Å². The van der Waals surface area contributed by atoms with Gasteiger partial charge in [-0.25, -0.2) is 0 Å². The van der Waals surface area contributed by atoms with E-state index in [1.54, 1.807) is 0 Å². The summed E-state index contributed by atoms with van der Waals surface area (Å²) in [5, 5.41) is 6.26. The summed E-state index contributed by atoms with van der Waals surface area (Å²) in [6, 6.07) is 6.20. The third-order valence-corrected chi connectivity index (χ3v) is 3.99. The van der Waals surface area contributed by atoms with E-state index < -0.39 is 0 Å². The van der Waals surface area contributed by atoms with Crippen LogP contribution in [0.5, 0.6) is 0 Å². The average Bonchev–Trinajstić information content (AvgIpc) is 2.68. The average molecular weight is 260 g/mol. The van der Waals surface area contributed by atoms with Crippen LogP contribution >= 0.6 is 0 Å². The lowest BCUT2D eigenvalue weighted by atomic mass is 9.92. The van der Waals surface area contributed by atoms with Gasteiger partial charge in [0.2, 0.25) is 0 Å². The Balaban J connectivity index is 2.08. The zero-order valence-electron chi connectivity index (χ0n) is 12.3. The fraction of sp³-hybridized carbons (Fsp3) is 0.562. The Morgan fingerprint density at radius 1 is 1.37 bits per heavy atom. The Morgan fingerprint density at radius 3 is 2.68 bits per heavy atom. The number of carbonyl (C=O) groups is 1. The molecule has 0 aromatic heterocycles. The quantitative estimate of drug-likeness (QED) is 0.875. The van der Waals surface area contributed by atoms with Crippen LogP contribution in [0.1, 0.15) is 49.0 Å². The molecule has 1 aliphatic carbocycles. The maximum Gasteiger partial charge on any atom is 0.253 e. The SMILES string of the molecule is CNc1cc(C)ccc1C(=O)NC1CCC(C)(C)C1. The van der Waals surface area contributed by atoms with Crippen molar-refractivity contribution in [2.45, 2.75) is 46.1 Å². The lowest BCUT2D eigenvalue weighted by molar-refractivity contribution is 0.0937. The number of carbonyl (C=O) groups excluding carboxylic acids is 1. The van der Waals surface area contributed by atoms with Gasteiger partial charge in [0.25, 0.3) is 5.91 Å². The highest BCUT2D eigenvalue weighted by Gasteiger charge is 2.32. The van der Waals surface area contributed by atoms with Crippen molar-refractivity contribution < 1.29 is 4.79 Å². The van der Waals surface area contributed by atoms with E-state index in [9.17, 15) is 4.79 Å². The van der Waals surface area contributed by atoms with Gasteiger partial charge in [0, 0.05) is 18.8 Å². The first-order valence-electron chi connectivity index (χ1n) is 7.00. The molecule has 3 nitrogen and oxygen atoms in total. The molecule has 0 radical (unpaired) electrons. The van der Waals surface area contributed by atoms with Gasteiger partial charge in [-0.15, -0.1) is 0 Å². The van der Waals surface area contributed by atoms with E-state index in [-0.39, 0.29) is 5.91 Å². The molecule has 19 heavy (non-hydrogen) atoms. The second-order valence-corrected chi connectivity index (χ2v) is 6.38. The molecule has 1 atom stereocenters. The fourth-order valence-electron chi connectivity index (χ4n) is 2.89. The fourth-order valence-corrected chi connectivity index (χ4v) is 2.89. The third-order valence-electron chi connectivity index (χ3n) is 3.99. The van der Waals surface area contributed by atoms with Crippen molar-refractivity contribution in [1.82, 2.24) is 5.32 Å². The number of hydrogen-bond acceptors (Lipinski definition) is 2. The highest BCUT2D eigenvalue weighted by atomic mass is 16.1. The Bertz CT molecular complexity index is 480. The molecule has 0 saturated heterocycles. The van der Waals surface area contributed by atoms with Crippen LogP contribution in [-0.4, -0.2) is 19.0 Å². The van der Waals surface area contributed by atoms with E-state index in [0.717, 1.165) is 29.7 Å². The Hall–Kier alpha value is -1.51. The Kier molecular flexibility index (Phi) is 3.83. The first-order valence-corrected chi connectivity index (χ1v) is 7.00. The first kappa shape index (κ1) is 13.9. The summed E-state index contributed by atoms with van der Waals surface area (Å²) in [5.41, 5.74) is 3.15. The van der Waals surface area contributed by atoms with Crippen LogP contribution in [-0.2, 0) is 0 Å². The first-order chi connectivity index (χ1) is 8.91. The minimum absolute atomic E-state index is 0.0343. The topological polar surface area (TPSA) is 41.1 Å². The van der Waals surface area contributed by atoms with Crippen molar-refractivity contribution in [3.63, 3.8) is 0 Å². The number of benzene rings is 1. The van der Waals surface area contributed by atoms with Crippen LogP contribution in [0.4, 0.5) is 5.69 Å². The van der Waals surface area contributed by atoms with E-state index in [0.29, 0.717) is 11.5 Å². The van der Waals surface area contributed by atoms with Crippen LogP contribution in [0.25, 0.3) is 0 Å². The molecule has 0 aliphatic heterocycles. The summed E-state index contributed by atoms with van der Waals surface area (Å²) in [6.07, 6.45) is 3.34. The zero-order chi connectivity index (χ0) is 14.0. The van der Waals surface area contributed by atoms with Crippen molar-refractivity contribution in [2.24, 2.45) is 5.41 Å². The number of rotatable bonds is 3. The van der Waals surface area contributed by atoms with E-state index in [4.69, 9.17) is 0 Å². The van der Waals surface area contributed by atoms with Gasteiger partial charge in [-0.05, 0) is 49.3 Å². The molecular formula is C16H24N2O. The number of nitrogens with one attached hydrogen (secondary N) is 2. The zero-order valence-corrected chi connectivity index (χ0v) is 12.3. The maximum atomic E-state index is 12.4. The monoisotopic (exact) mass is 260 g/mol. The predicted octanol–water partition coefficient (Wildman–Crippen LogP) is 3.35. The molecule has 2 N–H and O–H groups in total. The van der Waals surface area contributed by atoms with Crippen LogP contribution in [0.15, 0.2) is 18.2 Å². The van der Waals surface area contributed by atoms with Crippen LogP contribution < -0.4 is 10.6 Å². The van der Waals surface area contributed by atoms with E-state index >= 15 is 0 Å². The van der Waals surface area contributed by atoms with Gasteiger partial charge < -0.3 is 10.6 Å². The summed E-state index contributed by atoms with van der Waals surface area (Å²) in [5.74, 6) is 0.0343. The number of aryl methyl sites for hydroxylation is 1. The molecule has 1 aromatic carbocycles. The molecule has 0 heterocycles. The summed E-state index contributed by atoms with van der Waals surface area (Å²) in [7, 11) is 1.85. The molecule has 0 bridgehead atoms. The van der Waals surface area contributed by atoms with Gasteiger partial charge in [-0.3, -0.25) is 4.79 Å². The highest BCUT2D eigenvalue weighted by Crippen LogP contribution is 2.37. The summed E-state index contributed by atoms with van der Waals surface area (Å²) in [6.45, 7) is 6.57. The largest absolute Gasteiger partial charge is 0.387 e. The van der Waals surface area contributed by atoms with Gasteiger partial charge in [-0.1, -0.05) is 19.9 Å². The molecule has 1 unspecified atom stereocenters. The van der Waals surface area contributed by atoms with Crippen molar-refractivity contribution in [2.75, 3.05) is 12.4 Å².